The van der Waals surface area contributed by atoms with E-state index < -0.39 is 60.6 Å². The quantitative estimate of drug-likeness (QED) is 0.360. The fourth-order valence-corrected chi connectivity index (χ4v) is 3.18. The van der Waals surface area contributed by atoms with Crippen LogP contribution in [-0.2, 0) is 0 Å². The zero-order valence-corrected chi connectivity index (χ0v) is 18.5. The van der Waals surface area contributed by atoms with Crippen LogP contribution in [0, 0.1) is 0 Å². The highest BCUT2D eigenvalue weighted by molar-refractivity contribution is 7.99. The van der Waals surface area contributed by atoms with E-state index in [0.29, 0.717) is 9.79 Å². The normalized spacial score (nSPS) is 14.0. The number of ether oxygens (including phenoxy) is 2. The molecule has 0 aliphatic rings. The molecule has 0 aliphatic carbocycles. The first-order valence-corrected chi connectivity index (χ1v) is 10.3. The highest BCUT2D eigenvalue weighted by Crippen LogP contribution is 2.44. The first-order valence-electron chi connectivity index (χ1n) is 9.46. The van der Waals surface area contributed by atoms with Crippen molar-refractivity contribution in [1.29, 1.82) is 0 Å². The Balaban J connectivity index is 2.02. The van der Waals surface area contributed by atoms with Gasteiger partial charge in [-0.3, -0.25) is 0 Å². The van der Waals surface area contributed by atoms with Crippen molar-refractivity contribution in [3.05, 3.63) is 48.5 Å². The lowest BCUT2D eigenvalue weighted by atomic mass is 10.0. The monoisotopic (exact) mass is 578 g/mol. The van der Waals surface area contributed by atoms with Gasteiger partial charge in [0, 0.05) is 9.79 Å². The molecule has 0 heterocycles. The average molecular weight is 578 g/mol. The molecule has 0 aromatic heterocycles. The standard InChI is InChI=1S/C20H14F12O4S/c21-17(22,23)15(33,18(24,25)26)9-35-11-1-5-13(6-2-11)37-14-7-3-12(4-8-14)36-10-16(34,19(27,28)29)20(30,31)32/h1-8,33-34H,9-10H2. The lowest BCUT2D eigenvalue weighted by molar-refractivity contribution is -0.374. The van der Waals surface area contributed by atoms with Gasteiger partial charge >= 0.3 is 24.7 Å². The second kappa shape index (κ2) is 10.3. The molecule has 0 atom stereocenters. The molecule has 37 heavy (non-hydrogen) atoms. The molecule has 2 N–H and O–H groups in total. The van der Waals surface area contributed by atoms with Gasteiger partial charge in [0.15, 0.2) is 0 Å². The molecule has 0 unspecified atom stereocenters. The highest BCUT2D eigenvalue weighted by atomic mass is 32.2. The maximum atomic E-state index is 12.7. The third-order valence-electron chi connectivity index (χ3n) is 4.65. The first-order chi connectivity index (χ1) is 16.6. The fourth-order valence-electron chi connectivity index (χ4n) is 2.37. The number of hydrogen-bond acceptors (Lipinski definition) is 5. The van der Waals surface area contributed by atoms with Gasteiger partial charge in [0.25, 0.3) is 11.2 Å². The summed E-state index contributed by atoms with van der Waals surface area (Å²) < 4.78 is 161. The molecule has 0 spiro atoms. The molecular weight excluding hydrogens is 564 g/mol. The van der Waals surface area contributed by atoms with Crippen molar-refractivity contribution in [2.24, 2.45) is 0 Å². The van der Waals surface area contributed by atoms with Crippen molar-refractivity contribution in [2.45, 2.75) is 45.7 Å². The van der Waals surface area contributed by atoms with Crippen molar-refractivity contribution >= 4 is 11.8 Å². The summed E-state index contributed by atoms with van der Waals surface area (Å²) in [6, 6.07) is 8.89. The molecule has 0 aliphatic heterocycles. The van der Waals surface area contributed by atoms with Gasteiger partial charge in [0.1, 0.15) is 24.7 Å². The third kappa shape index (κ3) is 6.87. The van der Waals surface area contributed by atoms with E-state index in [0.717, 1.165) is 36.0 Å². The molecule has 2 rings (SSSR count). The van der Waals surface area contributed by atoms with Gasteiger partial charge in [0.05, 0.1) is 0 Å². The summed E-state index contributed by atoms with van der Waals surface area (Å²) in [6.07, 6.45) is -24.2. The van der Waals surface area contributed by atoms with Gasteiger partial charge in [-0.2, -0.15) is 52.7 Å². The second-order valence-electron chi connectivity index (χ2n) is 7.33. The Hall–Kier alpha value is -2.53. The van der Waals surface area contributed by atoms with E-state index in [-0.39, 0.29) is 0 Å². The minimum atomic E-state index is -6.06. The topological polar surface area (TPSA) is 58.9 Å². The summed E-state index contributed by atoms with van der Waals surface area (Å²) in [5.74, 6) is -0.885. The molecule has 0 fully saturated rings. The Morgan fingerprint density at radius 3 is 0.946 bits per heavy atom. The molecular formula is C20H14F12O4S. The number of benzene rings is 2. The van der Waals surface area contributed by atoms with Gasteiger partial charge in [-0.25, -0.2) is 0 Å². The van der Waals surface area contributed by atoms with Gasteiger partial charge in [-0.1, -0.05) is 11.8 Å². The summed E-state index contributed by atoms with van der Waals surface area (Å²) in [7, 11) is 0. The van der Waals surface area contributed by atoms with E-state index in [1.54, 1.807) is 0 Å². The van der Waals surface area contributed by atoms with E-state index in [1.807, 2.05) is 0 Å². The molecule has 17 heteroatoms. The lowest BCUT2D eigenvalue weighted by Gasteiger charge is -2.31. The van der Waals surface area contributed by atoms with Crippen molar-refractivity contribution < 1.29 is 72.4 Å². The van der Waals surface area contributed by atoms with Crippen LogP contribution in [0.5, 0.6) is 11.5 Å². The number of rotatable bonds is 8. The number of alkyl halides is 12. The van der Waals surface area contributed by atoms with Gasteiger partial charge in [-0.05, 0) is 48.5 Å². The number of halogens is 12. The van der Waals surface area contributed by atoms with E-state index >= 15 is 0 Å². The maximum absolute atomic E-state index is 12.7. The van der Waals surface area contributed by atoms with E-state index in [2.05, 4.69) is 9.47 Å². The van der Waals surface area contributed by atoms with Crippen LogP contribution in [0.2, 0.25) is 0 Å². The summed E-state index contributed by atoms with van der Waals surface area (Å²) in [5.41, 5.74) is -10.2. The van der Waals surface area contributed by atoms with Gasteiger partial charge in [-0.15, -0.1) is 0 Å². The molecule has 4 nitrogen and oxygen atoms in total. The summed E-state index contributed by atoms with van der Waals surface area (Å²) in [5, 5.41) is 18.1. The van der Waals surface area contributed by atoms with Crippen LogP contribution < -0.4 is 9.47 Å². The molecule has 0 amide bonds. The minimum Gasteiger partial charge on any atom is -0.490 e. The zero-order chi connectivity index (χ0) is 28.5. The van der Waals surface area contributed by atoms with Gasteiger partial charge < -0.3 is 19.7 Å². The molecule has 2 aromatic carbocycles. The predicted molar refractivity (Wildman–Crippen MR) is 102 cm³/mol. The maximum Gasteiger partial charge on any atom is 0.429 e. The summed E-state index contributed by atoms with van der Waals surface area (Å²) in [6.45, 7) is -4.32. The smallest absolute Gasteiger partial charge is 0.429 e. The van der Waals surface area contributed by atoms with Crippen molar-refractivity contribution in [2.75, 3.05) is 13.2 Å². The number of hydrogen-bond donors (Lipinski definition) is 2. The van der Waals surface area contributed by atoms with Crippen LogP contribution in [0.4, 0.5) is 52.7 Å². The van der Waals surface area contributed by atoms with Crippen molar-refractivity contribution in [3.8, 4) is 11.5 Å². The Bertz CT molecular complexity index is 917. The molecule has 0 saturated carbocycles. The Morgan fingerprint density at radius 2 is 0.730 bits per heavy atom. The molecule has 0 radical (unpaired) electrons. The van der Waals surface area contributed by atoms with Crippen LogP contribution in [-0.4, -0.2) is 59.3 Å². The first kappa shape index (κ1) is 30.7. The minimum absolute atomic E-state index is 0.353. The summed E-state index contributed by atoms with van der Waals surface area (Å²) >= 11 is 0.939. The predicted octanol–water partition coefficient (Wildman–Crippen LogP) is 6.31. The highest BCUT2D eigenvalue weighted by Gasteiger charge is 2.72. The van der Waals surface area contributed by atoms with E-state index in [4.69, 9.17) is 10.2 Å². The van der Waals surface area contributed by atoms with Crippen molar-refractivity contribution in [3.63, 3.8) is 0 Å². The largest absolute Gasteiger partial charge is 0.490 e. The molecule has 208 valence electrons. The second-order valence-corrected chi connectivity index (χ2v) is 8.48. The van der Waals surface area contributed by atoms with Gasteiger partial charge in [0.2, 0.25) is 0 Å². The third-order valence-corrected chi connectivity index (χ3v) is 5.67. The van der Waals surface area contributed by atoms with Crippen LogP contribution in [0.25, 0.3) is 0 Å². The Labute approximate surface area is 203 Å². The molecule has 0 bridgehead atoms. The fraction of sp³-hybridized carbons (Fsp3) is 0.400. The molecule has 0 saturated heterocycles. The van der Waals surface area contributed by atoms with Crippen molar-refractivity contribution in [1.82, 2.24) is 0 Å². The van der Waals surface area contributed by atoms with Crippen LogP contribution in [0.3, 0.4) is 0 Å². The van der Waals surface area contributed by atoms with Crippen LogP contribution in [0.1, 0.15) is 0 Å². The summed E-state index contributed by atoms with van der Waals surface area (Å²) in [4.78, 5) is 0.706. The number of aliphatic hydroxyl groups is 2. The van der Waals surface area contributed by atoms with Crippen LogP contribution >= 0.6 is 11.8 Å². The van der Waals surface area contributed by atoms with Crippen LogP contribution in [0.15, 0.2) is 58.3 Å². The molecule has 2 aromatic rings. The van der Waals surface area contributed by atoms with E-state index in [1.165, 1.54) is 24.3 Å². The average Bonchev–Trinajstić information content (AvgIpc) is 2.74. The lowest BCUT2D eigenvalue weighted by Crippen LogP contribution is -2.60. The SMILES string of the molecule is OC(COc1ccc(Sc2ccc(OCC(O)(C(F)(F)F)C(F)(F)F)cc2)cc1)(C(F)(F)F)C(F)(F)F. The Kier molecular flexibility index (Phi) is 8.56. The van der Waals surface area contributed by atoms with E-state index in [9.17, 15) is 52.7 Å². The zero-order valence-electron chi connectivity index (χ0n) is 17.7. The Morgan fingerprint density at radius 1 is 0.486 bits per heavy atom.